The molecule has 1 aromatic rings. The largest absolute Gasteiger partial charge is 0.484 e. The van der Waals surface area contributed by atoms with Crippen molar-refractivity contribution in [2.75, 3.05) is 6.61 Å². The summed E-state index contributed by atoms with van der Waals surface area (Å²) < 4.78 is 40.8. The number of ether oxygens (including phenoxy) is 1. The van der Waals surface area contributed by atoms with Gasteiger partial charge in [0.15, 0.2) is 6.61 Å². The first-order valence-electron chi connectivity index (χ1n) is 7.58. The monoisotopic (exact) mass is 331 g/mol. The smallest absolute Gasteiger partial charge is 0.422 e. The summed E-state index contributed by atoms with van der Waals surface area (Å²) in [4.78, 5) is 12.0. The van der Waals surface area contributed by atoms with Gasteiger partial charge in [0.25, 0.3) is 0 Å². The van der Waals surface area contributed by atoms with Crippen LogP contribution in [0.15, 0.2) is 24.3 Å². The minimum atomic E-state index is -4.36. The van der Waals surface area contributed by atoms with Crippen LogP contribution >= 0.6 is 0 Å². The SMILES string of the molecule is O=C(NCc1ccc(OCC(F)(F)F)cc1)[C@@H]1CCC[C@H](O)C1. The number of nitrogens with one attached hydrogen (secondary N) is 1. The fourth-order valence-corrected chi connectivity index (χ4v) is 2.60. The van der Waals surface area contributed by atoms with Crippen molar-refractivity contribution in [3.8, 4) is 5.75 Å². The van der Waals surface area contributed by atoms with Gasteiger partial charge in [0.05, 0.1) is 6.10 Å². The predicted molar refractivity (Wildman–Crippen MR) is 77.8 cm³/mol. The highest BCUT2D eigenvalue weighted by molar-refractivity contribution is 5.78. The van der Waals surface area contributed by atoms with Crippen molar-refractivity contribution in [2.24, 2.45) is 5.92 Å². The van der Waals surface area contributed by atoms with Crippen LogP contribution in [0, 0.1) is 5.92 Å². The number of hydrogen-bond acceptors (Lipinski definition) is 3. The standard InChI is InChI=1S/C16H20F3NO3/c17-16(18,19)10-23-14-6-4-11(5-7-14)9-20-15(22)12-2-1-3-13(21)8-12/h4-7,12-13,21H,1-3,8-10H2,(H,20,22)/t12-,13+/m1/s1. The van der Waals surface area contributed by atoms with E-state index in [1.54, 1.807) is 12.1 Å². The zero-order valence-electron chi connectivity index (χ0n) is 12.6. The van der Waals surface area contributed by atoms with E-state index in [9.17, 15) is 23.1 Å². The van der Waals surface area contributed by atoms with Crippen molar-refractivity contribution in [2.45, 2.75) is 44.5 Å². The Labute approximate surface area is 132 Å². The highest BCUT2D eigenvalue weighted by Crippen LogP contribution is 2.24. The van der Waals surface area contributed by atoms with E-state index in [1.165, 1.54) is 12.1 Å². The van der Waals surface area contributed by atoms with Crippen molar-refractivity contribution < 1.29 is 27.8 Å². The summed E-state index contributed by atoms with van der Waals surface area (Å²) in [7, 11) is 0. The molecule has 0 bridgehead atoms. The van der Waals surface area contributed by atoms with E-state index in [0.717, 1.165) is 24.8 Å². The number of amides is 1. The molecule has 23 heavy (non-hydrogen) atoms. The number of alkyl halides is 3. The zero-order chi connectivity index (χ0) is 16.9. The van der Waals surface area contributed by atoms with Crippen molar-refractivity contribution >= 4 is 5.91 Å². The Balaban J connectivity index is 1.78. The third-order valence-corrected chi connectivity index (χ3v) is 3.81. The number of hydrogen-bond donors (Lipinski definition) is 2. The molecule has 0 saturated heterocycles. The van der Waals surface area contributed by atoms with Gasteiger partial charge >= 0.3 is 6.18 Å². The number of aliphatic hydroxyl groups excluding tert-OH is 1. The average Bonchev–Trinajstić information content (AvgIpc) is 2.51. The molecule has 2 atom stereocenters. The molecule has 0 unspecified atom stereocenters. The van der Waals surface area contributed by atoms with Crippen LogP contribution in [0.1, 0.15) is 31.2 Å². The molecule has 2 N–H and O–H groups in total. The van der Waals surface area contributed by atoms with Crippen LogP contribution < -0.4 is 10.1 Å². The molecule has 1 aliphatic carbocycles. The Hall–Kier alpha value is -1.76. The molecular formula is C16H20F3NO3. The number of benzene rings is 1. The topological polar surface area (TPSA) is 58.6 Å². The Morgan fingerprint density at radius 3 is 2.57 bits per heavy atom. The molecule has 1 aliphatic rings. The lowest BCUT2D eigenvalue weighted by Crippen LogP contribution is -2.34. The molecule has 0 spiro atoms. The van der Waals surface area contributed by atoms with E-state index in [1.807, 2.05) is 0 Å². The summed E-state index contributed by atoms with van der Waals surface area (Å²) in [6.07, 6.45) is -1.95. The molecule has 4 nitrogen and oxygen atoms in total. The van der Waals surface area contributed by atoms with Gasteiger partial charge in [-0.25, -0.2) is 0 Å². The summed E-state index contributed by atoms with van der Waals surface area (Å²) in [5.74, 6) is -0.137. The van der Waals surface area contributed by atoms with E-state index in [0.29, 0.717) is 13.0 Å². The predicted octanol–water partition coefficient (Wildman–Crippen LogP) is 2.80. The fourth-order valence-electron chi connectivity index (χ4n) is 2.60. The summed E-state index contributed by atoms with van der Waals surface area (Å²) in [5, 5.41) is 12.4. The first-order valence-corrected chi connectivity index (χ1v) is 7.58. The van der Waals surface area contributed by atoms with Gasteiger partial charge in [-0.1, -0.05) is 18.6 Å². The van der Waals surface area contributed by atoms with E-state index in [-0.39, 0.29) is 17.6 Å². The van der Waals surface area contributed by atoms with Crippen molar-refractivity contribution in [3.63, 3.8) is 0 Å². The quantitative estimate of drug-likeness (QED) is 0.872. The molecule has 128 valence electrons. The molecule has 1 saturated carbocycles. The van der Waals surface area contributed by atoms with Gasteiger partial charge in [-0.15, -0.1) is 0 Å². The summed E-state index contributed by atoms with van der Waals surface area (Å²) >= 11 is 0. The molecule has 0 heterocycles. The van der Waals surface area contributed by atoms with Crippen LogP contribution in [0.2, 0.25) is 0 Å². The maximum absolute atomic E-state index is 12.0. The normalized spacial score (nSPS) is 21.7. The van der Waals surface area contributed by atoms with E-state index in [4.69, 9.17) is 0 Å². The Morgan fingerprint density at radius 1 is 1.26 bits per heavy atom. The van der Waals surface area contributed by atoms with Crippen molar-refractivity contribution in [3.05, 3.63) is 29.8 Å². The van der Waals surface area contributed by atoms with Gasteiger partial charge in [-0.05, 0) is 37.0 Å². The Kier molecular flexibility index (Phi) is 5.87. The van der Waals surface area contributed by atoms with Crippen LogP contribution in [0.4, 0.5) is 13.2 Å². The van der Waals surface area contributed by atoms with Gasteiger partial charge < -0.3 is 15.2 Å². The minimum Gasteiger partial charge on any atom is -0.484 e. The van der Waals surface area contributed by atoms with Gasteiger partial charge in [-0.2, -0.15) is 13.2 Å². The van der Waals surface area contributed by atoms with E-state index >= 15 is 0 Å². The van der Waals surface area contributed by atoms with Gasteiger partial charge in [0.1, 0.15) is 5.75 Å². The minimum absolute atomic E-state index is 0.0962. The average molecular weight is 331 g/mol. The van der Waals surface area contributed by atoms with Gasteiger partial charge in [0, 0.05) is 12.5 Å². The summed E-state index contributed by atoms with van der Waals surface area (Å²) in [5.41, 5.74) is 0.772. The first kappa shape index (κ1) is 17.6. The summed E-state index contributed by atoms with van der Waals surface area (Å²) in [6, 6.07) is 6.11. The second-order valence-corrected chi connectivity index (χ2v) is 5.78. The number of aliphatic hydroxyl groups is 1. The second-order valence-electron chi connectivity index (χ2n) is 5.78. The molecule has 1 amide bonds. The number of halogens is 3. The molecule has 0 aliphatic heterocycles. The Morgan fingerprint density at radius 2 is 1.96 bits per heavy atom. The van der Waals surface area contributed by atoms with Crippen LogP contribution in [-0.4, -0.2) is 29.9 Å². The van der Waals surface area contributed by atoms with Crippen LogP contribution in [0.5, 0.6) is 5.75 Å². The van der Waals surface area contributed by atoms with Crippen molar-refractivity contribution in [1.29, 1.82) is 0 Å². The van der Waals surface area contributed by atoms with E-state index in [2.05, 4.69) is 10.1 Å². The first-order chi connectivity index (χ1) is 10.8. The lowest BCUT2D eigenvalue weighted by molar-refractivity contribution is -0.153. The fraction of sp³-hybridized carbons (Fsp3) is 0.562. The summed E-state index contributed by atoms with van der Waals surface area (Å²) in [6.45, 7) is -1.03. The second kappa shape index (κ2) is 7.68. The number of carbonyl (C=O) groups excluding carboxylic acids is 1. The van der Waals surface area contributed by atoms with Gasteiger partial charge in [0.2, 0.25) is 5.91 Å². The molecule has 1 aromatic carbocycles. The molecule has 2 rings (SSSR count). The van der Waals surface area contributed by atoms with Crippen LogP contribution in [0.3, 0.4) is 0 Å². The molecule has 0 aromatic heterocycles. The van der Waals surface area contributed by atoms with Crippen molar-refractivity contribution in [1.82, 2.24) is 5.32 Å². The molecular weight excluding hydrogens is 311 g/mol. The lowest BCUT2D eigenvalue weighted by Gasteiger charge is -2.24. The number of rotatable bonds is 5. The van der Waals surface area contributed by atoms with Crippen LogP contribution in [-0.2, 0) is 11.3 Å². The number of carbonyl (C=O) groups is 1. The Bertz CT molecular complexity index is 516. The molecule has 7 heteroatoms. The maximum Gasteiger partial charge on any atom is 0.422 e. The zero-order valence-corrected chi connectivity index (χ0v) is 12.6. The molecule has 1 fully saturated rings. The lowest BCUT2D eigenvalue weighted by atomic mass is 9.86. The highest BCUT2D eigenvalue weighted by Gasteiger charge is 2.28. The third kappa shape index (κ3) is 6.09. The molecule has 0 radical (unpaired) electrons. The maximum atomic E-state index is 12.0. The van der Waals surface area contributed by atoms with E-state index < -0.39 is 18.9 Å². The third-order valence-electron chi connectivity index (χ3n) is 3.81. The highest BCUT2D eigenvalue weighted by atomic mass is 19.4. The van der Waals surface area contributed by atoms with Crippen LogP contribution in [0.25, 0.3) is 0 Å². The van der Waals surface area contributed by atoms with Gasteiger partial charge in [-0.3, -0.25) is 4.79 Å².